The van der Waals surface area contributed by atoms with Crippen molar-refractivity contribution in [2.45, 2.75) is 30.7 Å². The molecule has 5 nitrogen and oxygen atoms in total. The van der Waals surface area contributed by atoms with Crippen LogP contribution in [0.1, 0.15) is 29.8 Å². The van der Waals surface area contributed by atoms with E-state index in [1.54, 1.807) is 27.8 Å². The van der Waals surface area contributed by atoms with Crippen LogP contribution in [0, 0.1) is 0 Å². The van der Waals surface area contributed by atoms with Crippen LogP contribution in [-0.4, -0.2) is 33.5 Å². The number of rotatable bonds is 5. The second-order valence-corrected chi connectivity index (χ2v) is 8.50. The minimum absolute atomic E-state index is 0.113. The van der Waals surface area contributed by atoms with Gasteiger partial charge in [0, 0.05) is 17.5 Å². The van der Waals surface area contributed by atoms with Crippen molar-refractivity contribution in [3.8, 4) is 11.5 Å². The van der Waals surface area contributed by atoms with Crippen LogP contribution in [-0.2, 0) is 16.4 Å². The number of hydrogen-bond acceptors (Lipinski definition) is 5. The van der Waals surface area contributed by atoms with Crippen LogP contribution in [0.4, 0.5) is 0 Å². The summed E-state index contributed by atoms with van der Waals surface area (Å²) in [7, 11) is -0.568. The topological polar surface area (TPSA) is 55.8 Å². The van der Waals surface area contributed by atoms with Crippen molar-refractivity contribution in [1.29, 1.82) is 0 Å². The van der Waals surface area contributed by atoms with E-state index < -0.39 is 10.0 Å². The summed E-state index contributed by atoms with van der Waals surface area (Å²) in [6.45, 7) is 2.53. The van der Waals surface area contributed by atoms with Crippen LogP contribution >= 0.6 is 11.3 Å². The fraction of sp³-hybridized carbons (Fsp3) is 0.412. The molecule has 0 radical (unpaired) electrons. The Balaban J connectivity index is 2.02. The van der Waals surface area contributed by atoms with Gasteiger partial charge in [-0.1, -0.05) is 6.92 Å². The molecule has 0 saturated carbocycles. The molecule has 0 amide bonds. The number of sulfonamides is 1. The van der Waals surface area contributed by atoms with Gasteiger partial charge >= 0.3 is 0 Å². The molecule has 1 unspecified atom stereocenters. The van der Waals surface area contributed by atoms with Crippen molar-refractivity contribution in [2.24, 2.45) is 0 Å². The van der Waals surface area contributed by atoms with E-state index in [0.717, 1.165) is 18.4 Å². The minimum atomic E-state index is -3.60. The summed E-state index contributed by atoms with van der Waals surface area (Å²) in [5.74, 6) is 0.933. The van der Waals surface area contributed by atoms with Gasteiger partial charge in [-0.25, -0.2) is 8.42 Å². The smallest absolute Gasteiger partial charge is 0.243 e. The Bertz CT molecular complexity index is 829. The number of nitrogens with zero attached hydrogens (tertiary/aromatic N) is 1. The molecule has 1 aliphatic rings. The number of fused-ring (bicyclic) bond motifs is 1. The quantitative estimate of drug-likeness (QED) is 0.812. The molecular formula is C17H21NO4S2. The Kier molecular flexibility index (Phi) is 4.85. The van der Waals surface area contributed by atoms with Gasteiger partial charge in [0.25, 0.3) is 0 Å². The number of benzene rings is 1. The summed E-state index contributed by atoms with van der Waals surface area (Å²) in [4.78, 5) is 1.53. The standard InChI is InChI=1S/C17H21NO4S2/c1-4-14-13-8-10-23-17(13)7-9-18(14)24(19,20)12-5-6-15(21-2)16(11-12)22-3/h5-6,8,10-11,14H,4,7,9H2,1-3H3. The van der Waals surface area contributed by atoms with E-state index in [1.165, 1.54) is 25.2 Å². The summed E-state index contributed by atoms with van der Waals surface area (Å²) in [5.41, 5.74) is 1.14. The fourth-order valence-electron chi connectivity index (χ4n) is 3.20. The van der Waals surface area contributed by atoms with Crippen LogP contribution in [0.15, 0.2) is 34.5 Å². The molecule has 0 spiro atoms. The molecule has 2 aromatic rings. The number of ether oxygens (including phenoxy) is 2. The molecule has 3 rings (SSSR count). The van der Waals surface area contributed by atoms with E-state index in [4.69, 9.17) is 9.47 Å². The molecule has 7 heteroatoms. The van der Waals surface area contributed by atoms with Gasteiger partial charge in [-0.2, -0.15) is 4.31 Å². The molecule has 2 heterocycles. The highest BCUT2D eigenvalue weighted by Gasteiger charge is 2.36. The summed E-state index contributed by atoms with van der Waals surface area (Å²) >= 11 is 1.71. The Hall–Kier alpha value is -1.57. The maximum atomic E-state index is 13.2. The van der Waals surface area contributed by atoms with Crippen LogP contribution in [0.25, 0.3) is 0 Å². The highest BCUT2D eigenvalue weighted by Crippen LogP contribution is 2.39. The van der Waals surface area contributed by atoms with Gasteiger partial charge in [0.05, 0.1) is 25.2 Å². The van der Waals surface area contributed by atoms with Crippen LogP contribution in [0.5, 0.6) is 11.5 Å². The van der Waals surface area contributed by atoms with Crippen LogP contribution in [0.3, 0.4) is 0 Å². The zero-order chi connectivity index (χ0) is 17.3. The maximum Gasteiger partial charge on any atom is 0.243 e. The van der Waals surface area contributed by atoms with Crippen molar-refractivity contribution < 1.29 is 17.9 Å². The molecule has 0 saturated heterocycles. The first kappa shape index (κ1) is 17.3. The predicted molar refractivity (Wildman–Crippen MR) is 94.5 cm³/mol. The lowest BCUT2D eigenvalue weighted by atomic mass is 10.0. The second-order valence-electron chi connectivity index (χ2n) is 5.61. The largest absolute Gasteiger partial charge is 0.493 e. The van der Waals surface area contributed by atoms with Gasteiger partial charge < -0.3 is 9.47 Å². The normalized spacial score (nSPS) is 18.2. The monoisotopic (exact) mass is 367 g/mol. The second kappa shape index (κ2) is 6.74. The Morgan fingerprint density at radius 3 is 2.62 bits per heavy atom. The highest BCUT2D eigenvalue weighted by molar-refractivity contribution is 7.89. The highest BCUT2D eigenvalue weighted by atomic mass is 32.2. The molecule has 1 atom stereocenters. The van der Waals surface area contributed by atoms with Crippen LogP contribution in [0.2, 0.25) is 0 Å². The summed E-state index contributed by atoms with van der Waals surface area (Å²) in [5, 5.41) is 2.04. The maximum absolute atomic E-state index is 13.2. The van der Waals surface area contributed by atoms with E-state index in [2.05, 4.69) is 0 Å². The third-order valence-electron chi connectivity index (χ3n) is 4.39. The van der Waals surface area contributed by atoms with E-state index in [1.807, 2.05) is 18.4 Å². The lowest BCUT2D eigenvalue weighted by Gasteiger charge is -2.34. The summed E-state index contributed by atoms with van der Waals surface area (Å²) in [6, 6.07) is 6.67. The molecule has 0 bridgehead atoms. The van der Waals surface area contributed by atoms with Crippen molar-refractivity contribution in [1.82, 2.24) is 4.31 Å². The molecule has 1 aliphatic heterocycles. The molecular weight excluding hydrogens is 346 g/mol. The molecule has 0 fully saturated rings. The van der Waals surface area contributed by atoms with E-state index in [9.17, 15) is 8.42 Å². The Morgan fingerprint density at radius 2 is 1.96 bits per heavy atom. The van der Waals surface area contributed by atoms with Gasteiger partial charge in [-0.05, 0) is 42.0 Å². The summed E-state index contributed by atoms with van der Waals surface area (Å²) in [6.07, 6.45) is 1.51. The van der Waals surface area contributed by atoms with E-state index in [0.29, 0.717) is 18.0 Å². The first-order valence-electron chi connectivity index (χ1n) is 7.83. The average Bonchev–Trinajstić information content (AvgIpc) is 3.08. The molecule has 1 aromatic heterocycles. The zero-order valence-electron chi connectivity index (χ0n) is 14.0. The minimum Gasteiger partial charge on any atom is -0.493 e. The Labute approximate surface area is 146 Å². The van der Waals surface area contributed by atoms with Gasteiger partial charge in [0.1, 0.15) is 0 Å². The van der Waals surface area contributed by atoms with E-state index in [-0.39, 0.29) is 10.9 Å². The van der Waals surface area contributed by atoms with Gasteiger partial charge in [-0.3, -0.25) is 0 Å². The number of hydrogen-bond donors (Lipinski definition) is 0. The number of thiophene rings is 1. The predicted octanol–water partition coefficient (Wildman–Crippen LogP) is 3.46. The van der Waals surface area contributed by atoms with Crippen molar-refractivity contribution in [2.75, 3.05) is 20.8 Å². The van der Waals surface area contributed by atoms with Gasteiger partial charge in [-0.15, -0.1) is 11.3 Å². The molecule has 0 N–H and O–H groups in total. The molecule has 24 heavy (non-hydrogen) atoms. The lowest BCUT2D eigenvalue weighted by Crippen LogP contribution is -2.39. The molecule has 0 aliphatic carbocycles. The van der Waals surface area contributed by atoms with Crippen molar-refractivity contribution in [3.05, 3.63) is 40.1 Å². The Morgan fingerprint density at radius 1 is 1.21 bits per heavy atom. The van der Waals surface area contributed by atoms with Crippen molar-refractivity contribution >= 4 is 21.4 Å². The van der Waals surface area contributed by atoms with Gasteiger partial charge in [0.2, 0.25) is 10.0 Å². The van der Waals surface area contributed by atoms with Crippen LogP contribution < -0.4 is 9.47 Å². The third-order valence-corrected chi connectivity index (χ3v) is 7.29. The third kappa shape index (κ3) is 2.81. The SMILES string of the molecule is CCC1c2ccsc2CCN1S(=O)(=O)c1ccc(OC)c(OC)c1. The summed E-state index contributed by atoms with van der Waals surface area (Å²) < 4.78 is 38.4. The van der Waals surface area contributed by atoms with E-state index >= 15 is 0 Å². The van der Waals surface area contributed by atoms with Gasteiger partial charge in [0.15, 0.2) is 11.5 Å². The van der Waals surface area contributed by atoms with Crippen molar-refractivity contribution in [3.63, 3.8) is 0 Å². The first-order valence-corrected chi connectivity index (χ1v) is 10.1. The first-order chi connectivity index (χ1) is 11.5. The fourth-order valence-corrected chi connectivity index (χ4v) is 5.82. The molecule has 1 aromatic carbocycles. The molecule has 130 valence electrons. The number of methoxy groups -OCH3 is 2. The lowest BCUT2D eigenvalue weighted by molar-refractivity contribution is 0.303. The average molecular weight is 367 g/mol. The zero-order valence-corrected chi connectivity index (χ0v) is 15.6.